The van der Waals surface area contributed by atoms with Crippen molar-refractivity contribution in [3.05, 3.63) is 30.9 Å². The van der Waals surface area contributed by atoms with Gasteiger partial charge in [-0.1, -0.05) is 0 Å². The van der Waals surface area contributed by atoms with Gasteiger partial charge in [-0.2, -0.15) is 5.10 Å². The summed E-state index contributed by atoms with van der Waals surface area (Å²) >= 11 is 0. The number of hydrogen-bond acceptors (Lipinski definition) is 6. The van der Waals surface area contributed by atoms with Crippen LogP contribution in [0.4, 0.5) is 5.82 Å². The van der Waals surface area contributed by atoms with Gasteiger partial charge in [0.15, 0.2) is 5.82 Å². The van der Waals surface area contributed by atoms with Crippen LogP contribution in [0.1, 0.15) is 0 Å². The first-order valence-electron chi connectivity index (χ1n) is 7.83. The summed E-state index contributed by atoms with van der Waals surface area (Å²) in [6.45, 7) is 2.48. The van der Waals surface area contributed by atoms with Crippen molar-refractivity contribution in [2.24, 2.45) is 5.92 Å². The van der Waals surface area contributed by atoms with E-state index in [2.05, 4.69) is 20.4 Å². The number of carbonyl (C=O) groups is 2. The highest BCUT2D eigenvalue weighted by atomic mass is 16.2. The van der Waals surface area contributed by atoms with E-state index < -0.39 is 0 Å². The Bertz CT molecular complexity index is 755. The lowest BCUT2D eigenvalue weighted by atomic mass is 9.98. The molecule has 0 spiro atoms. The van der Waals surface area contributed by atoms with Gasteiger partial charge in [-0.05, 0) is 6.07 Å². The second-order valence-electron chi connectivity index (χ2n) is 5.90. The highest BCUT2D eigenvalue weighted by Crippen LogP contribution is 2.25. The Hall–Kier alpha value is -2.97. The SMILES string of the molecule is O=C1CN(C(=O)C2CN(c3cc(-n4cccn4)ncn3)C2)CCN1. The summed E-state index contributed by atoms with van der Waals surface area (Å²) < 4.78 is 1.67. The minimum Gasteiger partial charge on any atom is -0.355 e. The number of piperazine rings is 1. The number of rotatable bonds is 3. The third-order valence-corrected chi connectivity index (χ3v) is 4.28. The quantitative estimate of drug-likeness (QED) is 0.781. The number of anilines is 1. The molecule has 0 aromatic carbocycles. The monoisotopic (exact) mass is 327 g/mol. The molecule has 0 bridgehead atoms. The van der Waals surface area contributed by atoms with Crippen molar-refractivity contribution in [2.45, 2.75) is 0 Å². The van der Waals surface area contributed by atoms with Crippen molar-refractivity contribution >= 4 is 17.6 Å². The minimum absolute atomic E-state index is 0.0439. The molecule has 2 saturated heterocycles. The van der Waals surface area contributed by atoms with Crippen molar-refractivity contribution in [3.63, 3.8) is 0 Å². The predicted molar refractivity (Wildman–Crippen MR) is 84.4 cm³/mol. The molecule has 4 rings (SSSR count). The molecular formula is C15H17N7O2. The van der Waals surface area contributed by atoms with E-state index in [9.17, 15) is 9.59 Å². The maximum absolute atomic E-state index is 12.4. The molecule has 2 aromatic rings. The minimum atomic E-state index is -0.0922. The van der Waals surface area contributed by atoms with E-state index in [1.165, 1.54) is 6.33 Å². The van der Waals surface area contributed by atoms with Gasteiger partial charge in [0, 0.05) is 44.6 Å². The second-order valence-corrected chi connectivity index (χ2v) is 5.90. The summed E-state index contributed by atoms with van der Waals surface area (Å²) in [6.07, 6.45) is 5.00. The third-order valence-electron chi connectivity index (χ3n) is 4.28. The average molecular weight is 327 g/mol. The smallest absolute Gasteiger partial charge is 0.239 e. The lowest BCUT2D eigenvalue weighted by Crippen LogP contribution is -2.58. The van der Waals surface area contributed by atoms with Crippen LogP contribution in [0.5, 0.6) is 0 Å². The number of hydrogen-bond donors (Lipinski definition) is 1. The number of aromatic nitrogens is 4. The summed E-state index contributed by atoms with van der Waals surface area (Å²) in [4.78, 5) is 36.0. The van der Waals surface area contributed by atoms with Crippen LogP contribution in [-0.4, -0.2) is 69.2 Å². The Balaban J connectivity index is 1.40. The van der Waals surface area contributed by atoms with Crippen molar-refractivity contribution in [3.8, 4) is 5.82 Å². The fourth-order valence-electron chi connectivity index (χ4n) is 2.95. The lowest BCUT2D eigenvalue weighted by molar-refractivity contribution is -0.142. The Kier molecular flexibility index (Phi) is 3.60. The molecule has 4 heterocycles. The Morgan fingerprint density at radius 2 is 2.08 bits per heavy atom. The zero-order valence-electron chi connectivity index (χ0n) is 13.0. The molecule has 2 aromatic heterocycles. The van der Waals surface area contributed by atoms with Crippen LogP contribution in [0.3, 0.4) is 0 Å². The van der Waals surface area contributed by atoms with Crippen LogP contribution in [0.25, 0.3) is 5.82 Å². The normalized spacial score (nSPS) is 18.2. The molecule has 0 unspecified atom stereocenters. The van der Waals surface area contributed by atoms with E-state index in [4.69, 9.17) is 0 Å². The molecule has 9 nitrogen and oxygen atoms in total. The lowest BCUT2D eigenvalue weighted by Gasteiger charge is -2.41. The molecule has 2 amide bonds. The van der Waals surface area contributed by atoms with Crippen LogP contribution < -0.4 is 10.2 Å². The zero-order valence-corrected chi connectivity index (χ0v) is 13.0. The maximum atomic E-state index is 12.4. The third kappa shape index (κ3) is 2.68. The number of amides is 2. The van der Waals surface area contributed by atoms with Gasteiger partial charge >= 0.3 is 0 Å². The fraction of sp³-hybridized carbons (Fsp3) is 0.400. The van der Waals surface area contributed by atoms with E-state index in [-0.39, 0.29) is 24.3 Å². The summed E-state index contributed by atoms with van der Waals surface area (Å²) in [7, 11) is 0. The summed E-state index contributed by atoms with van der Waals surface area (Å²) in [6, 6.07) is 3.68. The largest absolute Gasteiger partial charge is 0.355 e. The molecule has 1 N–H and O–H groups in total. The van der Waals surface area contributed by atoms with Gasteiger partial charge in [-0.25, -0.2) is 14.6 Å². The molecule has 9 heteroatoms. The first-order chi connectivity index (χ1) is 11.7. The molecule has 0 aliphatic carbocycles. The van der Waals surface area contributed by atoms with Gasteiger partial charge in [0.05, 0.1) is 12.5 Å². The van der Waals surface area contributed by atoms with Crippen molar-refractivity contribution in [1.29, 1.82) is 0 Å². The van der Waals surface area contributed by atoms with Crippen LogP contribution in [0.15, 0.2) is 30.9 Å². The number of carbonyl (C=O) groups excluding carboxylic acids is 2. The van der Waals surface area contributed by atoms with Gasteiger partial charge in [-0.3, -0.25) is 9.59 Å². The van der Waals surface area contributed by atoms with Crippen LogP contribution in [-0.2, 0) is 9.59 Å². The van der Waals surface area contributed by atoms with E-state index in [0.717, 1.165) is 5.82 Å². The Morgan fingerprint density at radius 3 is 2.83 bits per heavy atom. The first kappa shape index (κ1) is 14.6. The molecule has 2 aliphatic rings. The molecule has 24 heavy (non-hydrogen) atoms. The predicted octanol–water partition coefficient (Wildman–Crippen LogP) is -0.943. The van der Waals surface area contributed by atoms with Crippen LogP contribution >= 0.6 is 0 Å². The summed E-state index contributed by atoms with van der Waals surface area (Å²) in [5.74, 6) is 1.33. The molecule has 2 fully saturated rings. The van der Waals surface area contributed by atoms with E-state index >= 15 is 0 Å². The zero-order chi connectivity index (χ0) is 16.5. The Labute approximate surface area is 138 Å². The first-order valence-corrected chi connectivity index (χ1v) is 7.83. The summed E-state index contributed by atoms with van der Waals surface area (Å²) in [5.41, 5.74) is 0. The van der Waals surface area contributed by atoms with Crippen molar-refractivity contribution < 1.29 is 9.59 Å². The van der Waals surface area contributed by atoms with Gasteiger partial charge in [-0.15, -0.1) is 0 Å². The second kappa shape index (κ2) is 5.91. The highest BCUT2D eigenvalue weighted by molar-refractivity contribution is 5.88. The van der Waals surface area contributed by atoms with Crippen LogP contribution in [0.2, 0.25) is 0 Å². The topological polar surface area (TPSA) is 96.3 Å². The molecule has 0 radical (unpaired) electrons. The van der Waals surface area contributed by atoms with E-state index in [1.54, 1.807) is 15.8 Å². The maximum Gasteiger partial charge on any atom is 0.239 e. The van der Waals surface area contributed by atoms with Crippen LogP contribution in [0, 0.1) is 5.92 Å². The number of nitrogens with zero attached hydrogens (tertiary/aromatic N) is 6. The standard InChI is InChI=1S/C15H17N7O2/c23-14-9-20(5-3-16-14)15(24)11-7-21(8-11)12-6-13(18-10-17-12)22-4-1-2-19-22/h1-2,4,6,10-11H,3,5,7-9H2,(H,16,23). The molecular weight excluding hydrogens is 310 g/mol. The Morgan fingerprint density at radius 1 is 1.25 bits per heavy atom. The molecule has 0 saturated carbocycles. The van der Waals surface area contributed by atoms with Gasteiger partial charge in [0.1, 0.15) is 12.1 Å². The van der Waals surface area contributed by atoms with Gasteiger partial charge < -0.3 is 15.1 Å². The highest BCUT2D eigenvalue weighted by Gasteiger charge is 2.37. The van der Waals surface area contributed by atoms with Gasteiger partial charge in [0.25, 0.3) is 0 Å². The average Bonchev–Trinajstić information content (AvgIpc) is 3.08. The van der Waals surface area contributed by atoms with E-state index in [1.807, 2.05) is 23.2 Å². The molecule has 124 valence electrons. The molecule has 2 aliphatic heterocycles. The van der Waals surface area contributed by atoms with Gasteiger partial charge in [0.2, 0.25) is 11.8 Å². The molecule has 0 atom stereocenters. The van der Waals surface area contributed by atoms with Crippen molar-refractivity contribution in [2.75, 3.05) is 37.6 Å². The number of nitrogens with one attached hydrogen (secondary N) is 1. The fourth-order valence-corrected chi connectivity index (χ4v) is 2.95. The van der Waals surface area contributed by atoms with E-state index in [0.29, 0.717) is 32.0 Å². The summed E-state index contributed by atoms with van der Waals surface area (Å²) in [5, 5.41) is 6.88. The van der Waals surface area contributed by atoms with Crippen molar-refractivity contribution in [1.82, 2.24) is 30.0 Å².